The van der Waals surface area contributed by atoms with E-state index in [-0.39, 0.29) is 0 Å². The fraction of sp³-hybridized carbons (Fsp3) is 0.318. The molecule has 0 saturated carbocycles. The second-order valence-electron chi connectivity index (χ2n) is 6.80. The van der Waals surface area contributed by atoms with Crippen molar-refractivity contribution in [2.24, 2.45) is 0 Å². The van der Waals surface area contributed by atoms with E-state index in [1.54, 1.807) is 0 Å². The van der Waals surface area contributed by atoms with E-state index in [2.05, 4.69) is 52.0 Å². The maximum atomic E-state index is 11.8. The average molecular weight is 335 g/mol. The average Bonchev–Trinajstić information content (AvgIpc) is 2.94. The third kappa shape index (κ3) is 2.95. The van der Waals surface area contributed by atoms with Crippen molar-refractivity contribution in [2.45, 2.75) is 40.5 Å². The minimum atomic E-state index is 0.347. The van der Waals surface area contributed by atoms with Crippen LogP contribution < -0.4 is 4.74 Å². The summed E-state index contributed by atoms with van der Waals surface area (Å²) in [6.07, 6.45) is 2.90. The number of nitrogens with zero attached hydrogens (tertiary/aromatic N) is 1. The lowest BCUT2D eigenvalue weighted by Gasteiger charge is -2.17. The summed E-state index contributed by atoms with van der Waals surface area (Å²) in [5, 5.41) is 0. The van der Waals surface area contributed by atoms with E-state index in [1.807, 2.05) is 23.6 Å². The van der Waals surface area contributed by atoms with E-state index in [4.69, 9.17) is 4.74 Å². The van der Waals surface area contributed by atoms with E-state index in [0.717, 1.165) is 39.8 Å². The number of hydrogen-bond acceptors (Lipinski definition) is 2. The van der Waals surface area contributed by atoms with Crippen LogP contribution in [0.5, 0.6) is 5.75 Å². The van der Waals surface area contributed by atoms with Gasteiger partial charge in [-0.05, 0) is 73.2 Å². The van der Waals surface area contributed by atoms with Gasteiger partial charge >= 0.3 is 0 Å². The number of ether oxygens (including phenoxy) is 1. The fourth-order valence-electron chi connectivity index (χ4n) is 3.42. The molecule has 0 aliphatic rings. The summed E-state index contributed by atoms with van der Waals surface area (Å²) in [6, 6.07) is 10.4. The minimum absolute atomic E-state index is 0.347. The minimum Gasteiger partial charge on any atom is -0.494 e. The first-order chi connectivity index (χ1) is 12.0. The third-order valence-corrected chi connectivity index (χ3v) is 4.74. The first-order valence-electron chi connectivity index (χ1n) is 8.81. The molecule has 3 rings (SSSR count). The predicted octanol–water partition coefficient (Wildman–Crippen LogP) is 5.56. The Balaban J connectivity index is 2.29. The smallest absolute Gasteiger partial charge is 0.167 e. The molecule has 0 aliphatic carbocycles. The van der Waals surface area contributed by atoms with Gasteiger partial charge in [0.25, 0.3) is 0 Å². The van der Waals surface area contributed by atoms with Gasteiger partial charge < -0.3 is 9.14 Å². The highest BCUT2D eigenvalue weighted by molar-refractivity contribution is 5.91. The molecule has 0 radical (unpaired) electrons. The summed E-state index contributed by atoms with van der Waals surface area (Å²) in [4.78, 5) is 11.8. The number of aldehydes is 1. The number of aryl methyl sites for hydroxylation is 2. The monoisotopic (exact) mass is 335 g/mol. The van der Waals surface area contributed by atoms with Gasteiger partial charge in [-0.25, -0.2) is 0 Å². The van der Waals surface area contributed by atoms with Crippen molar-refractivity contribution in [1.29, 1.82) is 0 Å². The van der Waals surface area contributed by atoms with E-state index in [9.17, 15) is 4.79 Å². The van der Waals surface area contributed by atoms with E-state index in [0.29, 0.717) is 18.2 Å². The fourth-order valence-corrected chi connectivity index (χ4v) is 3.42. The quantitative estimate of drug-likeness (QED) is 0.572. The van der Waals surface area contributed by atoms with Crippen molar-refractivity contribution in [3.05, 3.63) is 58.9 Å². The van der Waals surface area contributed by atoms with Crippen LogP contribution in [-0.4, -0.2) is 17.3 Å². The highest BCUT2D eigenvalue weighted by Gasteiger charge is 2.18. The molecule has 0 saturated heterocycles. The van der Waals surface area contributed by atoms with Crippen molar-refractivity contribution < 1.29 is 9.53 Å². The lowest BCUT2D eigenvalue weighted by molar-refractivity contribution is 0.111. The summed E-state index contributed by atoms with van der Waals surface area (Å²) in [5.74, 6) is 1.28. The van der Waals surface area contributed by atoms with Crippen LogP contribution in [0.1, 0.15) is 53.9 Å². The SMILES string of the molecule is CCOc1cc(C)c(-c2cc3c(C)cccn3c2C=O)cc1C(C)C. The summed E-state index contributed by atoms with van der Waals surface area (Å²) in [5.41, 5.74) is 7.28. The molecule has 0 aliphatic heterocycles. The van der Waals surface area contributed by atoms with Crippen LogP contribution in [0.25, 0.3) is 16.6 Å². The van der Waals surface area contributed by atoms with Gasteiger partial charge in [0.05, 0.1) is 12.3 Å². The summed E-state index contributed by atoms with van der Waals surface area (Å²) in [7, 11) is 0. The normalized spacial score (nSPS) is 11.3. The largest absolute Gasteiger partial charge is 0.494 e. The molecule has 25 heavy (non-hydrogen) atoms. The van der Waals surface area contributed by atoms with Gasteiger partial charge in [-0.1, -0.05) is 19.9 Å². The molecule has 3 heteroatoms. The maximum Gasteiger partial charge on any atom is 0.167 e. The highest BCUT2D eigenvalue weighted by Crippen LogP contribution is 2.37. The Kier molecular flexibility index (Phi) is 4.67. The Morgan fingerprint density at radius 2 is 1.88 bits per heavy atom. The van der Waals surface area contributed by atoms with Crippen LogP contribution >= 0.6 is 0 Å². The van der Waals surface area contributed by atoms with Crippen LogP contribution in [0.4, 0.5) is 0 Å². The van der Waals surface area contributed by atoms with Gasteiger partial charge in [0.2, 0.25) is 0 Å². The maximum absolute atomic E-state index is 11.8. The van der Waals surface area contributed by atoms with E-state index >= 15 is 0 Å². The zero-order valence-corrected chi connectivity index (χ0v) is 15.6. The van der Waals surface area contributed by atoms with Gasteiger partial charge in [0.1, 0.15) is 5.75 Å². The Labute approximate surface area is 149 Å². The van der Waals surface area contributed by atoms with Gasteiger partial charge in [-0.15, -0.1) is 0 Å². The molecule has 0 amide bonds. The van der Waals surface area contributed by atoms with Crippen LogP contribution in [0.15, 0.2) is 36.5 Å². The highest BCUT2D eigenvalue weighted by atomic mass is 16.5. The van der Waals surface area contributed by atoms with Crippen molar-refractivity contribution in [2.75, 3.05) is 6.61 Å². The second kappa shape index (κ2) is 6.75. The zero-order chi connectivity index (χ0) is 18.1. The number of hydrogen-bond donors (Lipinski definition) is 0. The number of aromatic nitrogens is 1. The summed E-state index contributed by atoms with van der Waals surface area (Å²) < 4.78 is 7.80. The summed E-state index contributed by atoms with van der Waals surface area (Å²) >= 11 is 0. The molecule has 0 atom stereocenters. The van der Waals surface area contributed by atoms with Crippen molar-refractivity contribution in [1.82, 2.24) is 4.40 Å². The number of pyridine rings is 1. The molecule has 2 heterocycles. The molecule has 130 valence electrons. The first-order valence-corrected chi connectivity index (χ1v) is 8.81. The van der Waals surface area contributed by atoms with Gasteiger partial charge in [-0.3, -0.25) is 4.79 Å². The zero-order valence-electron chi connectivity index (χ0n) is 15.6. The van der Waals surface area contributed by atoms with Crippen LogP contribution in [0, 0.1) is 13.8 Å². The van der Waals surface area contributed by atoms with Crippen LogP contribution in [0.2, 0.25) is 0 Å². The second-order valence-corrected chi connectivity index (χ2v) is 6.80. The lowest BCUT2D eigenvalue weighted by atomic mass is 9.93. The molecule has 1 aromatic carbocycles. The lowest BCUT2D eigenvalue weighted by Crippen LogP contribution is -2.01. The number of carbonyl (C=O) groups is 1. The molecule has 0 unspecified atom stereocenters. The molecular formula is C22H25NO2. The molecule has 0 N–H and O–H groups in total. The van der Waals surface area contributed by atoms with Gasteiger partial charge in [-0.2, -0.15) is 0 Å². The molecule has 0 fully saturated rings. The Hall–Kier alpha value is -2.55. The Morgan fingerprint density at radius 3 is 2.52 bits per heavy atom. The number of benzene rings is 1. The van der Waals surface area contributed by atoms with E-state index in [1.165, 1.54) is 5.56 Å². The standard InChI is InChI=1S/C22H25NO2/c1-6-25-22-10-16(5)18(11-17(22)14(2)3)19-12-20-15(4)8-7-9-23(20)21(19)13-24/h7-14H,6H2,1-5H3. The molecular weight excluding hydrogens is 310 g/mol. The van der Waals surface area contributed by atoms with Gasteiger partial charge in [0.15, 0.2) is 6.29 Å². The topological polar surface area (TPSA) is 30.7 Å². The molecule has 2 aromatic heterocycles. The number of fused-ring (bicyclic) bond motifs is 1. The van der Waals surface area contributed by atoms with Crippen molar-refractivity contribution >= 4 is 11.8 Å². The van der Waals surface area contributed by atoms with Crippen molar-refractivity contribution in [3.63, 3.8) is 0 Å². The molecule has 0 spiro atoms. The number of carbonyl (C=O) groups excluding carboxylic acids is 1. The Morgan fingerprint density at radius 1 is 1.12 bits per heavy atom. The van der Waals surface area contributed by atoms with E-state index < -0.39 is 0 Å². The van der Waals surface area contributed by atoms with Crippen LogP contribution in [0.3, 0.4) is 0 Å². The predicted molar refractivity (Wildman–Crippen MR) is 103 cm³/mol. The van der Waals surface area contributed by atoms with Gasteiger partial charge in [0, 0.05) is 17.3 Å². The molecule has 3 nitrogen and oxygen atoms in total. The van der Waals surface area contributed by atoms with Crippen molar-refractivity contribution in [3.8, 4) is 16.9 Å². The molecule has 0 bridgehead atoms. The number of rotatable bonds is 5. The first kappa shape index (κ1) is 17.3. The molecule has 3 aromatic rings. The third-order valence-electron chi connectivity index (χ3n) is 4.74. The Bertz CT molecular complexity index is 935. The van der Waals surface area contributed by atoms with Crippen LogP contribution in [-0.2, 0) is 0 Å². The summed E-state index contributed by atoms with van der Waals surface area (Å²) in [6.45, 7) is 11.1.